The molecule has 0 aromatic heterocycles. The minimum Gasteiger partial charge on any atom is -0.493 e. The number of fused-ring (bicyclic) bond motifs is 1. The predicted molar refractivity (Wildman–Crippen MR) is 35.6 cm³/mol. The Kier molecular flexibility index (Phi) is 0.637. The van der Waals surface area contributed by atoms with Crippen molar-refractivity contribution in [1.29, 1.82) is 0 Å². The van der Waals surface area contributed by atoms with Crippen molar-refractivity contribution in [2.75, 3.05) is 6.58 Å². The van der Waals surface area contributed by atoms with Crippen LogP contribution in [-0.2, 0) is 6.42 Å². The summed E-state index contributed by atoms with van der Waals surface area (Å²) in [6, 6.07) is 5.79. The minimum atomic E-state index is -0.503. The average Bonchev–Trinajstić information content (AvgIpc) is 2.31. The first kappa shape index (κ1) is 3.25. The molecule has 0 fully saturated rings. The van der Waals surface area contributed by atoms with Crippen LogP contribution in [0.15, 0.2) is 24.2 Å². The molecule has 0 saturated heterocycles. The molecule has 1 unspecified atom stereocenters. The van der Waals surface area contributed by atoms with Crippen molar-refractivity contribution in [2.24, 2.45) is 0 Å². The van der Waals surface area contributed by atoms with Crippen molar-refractivity contribution < 1.29 is 7.48 Å². The molecule has 1 aromatic carbocycles. The van der Waals surface area contributed by atoms with E-state index in [1.54, 1.807) is 12.1 Å². The molecule has 1 aliphatic rings. The summed E-state index contributed by atoms with van der Waals surface area (Å²) in [5.74, 6) is 0.706. The Hall–Kier alpha value is -0.980. The summed E-state index contributed by atoms with van der Waals surface area (Å²) in [6.45, 7) is -0.503. The molecule has 0 amide bonds. The van der Waals surface area contributed by atoms with E-state index in [0.717, 1.165) is 5.56 Å². The van der Waals surface area contributed by atoms with Crippen LogP contribution in [0.5, 0.6) is 5.75 Å². The largest absolute Gasteiger partial charge is 0.493 e. The van der Waals surface area contributed by atoms with Crippen LogP contribution in [0, 0.1) is 0 Å². The van der Waals surface area contributed by atoms with Gasteiger partial charge in [0.25, 0.3) is 0 Å². The van der Waals surface area contributed by atoms with Gasteiger partial charge in [0.05, 0.1) is 9.32 Å². The van der Waals surface area contributed by atoms with Crippen LogP contribution >= 0.6 is 0 Å². The third kappa shape index (κ3) is 0.689. The third-order valence-corrected chi connectivity index (χ3v) is 1.40. The molecule has 0 saturated carbocycles. The molecule has 9 heavy (non-hydrogen) atoms. The molecule has 0 radical (unpaired) electrons. The molecule has 46 valence electrons. The van der Waals surface area contributed by atoms with Crippen molar-refractivity contribution in [1.82, 2.24) is 0 Å². The smallest absolute Gasteiger partial charge is 0.122 e. The highest BCUT2D eigenvalue weighted by atomic mass is 16.5. The van der Waals surface area contributed by atoms with Gasteiger partial charge in [0.15, 0.2) is 0 Å². The average molecular weight is 122 g/mol. The topological polar surface area (TPSA) is 9.23 Å². The van der Waals surface area contributed by atoms with Gasteiger partial charge in [-0.15, -0.1) is 0 Å². The summed E-state index contributed by atoms with van der Waals surface area (Å²) in [5, 5.41) is 0. The van der Waals surface area contributed by atoms with Gasteiger partial charge < -0.3 is 4.74 Å². The zero-order chi connectivity index (χ0) is 7.84. The van der Waals surface area contributed by atoms with Crippen molar-refractivity contribution in [2.45, 2.75) is 6.42 Å². The fraction of sp³-hybridized carbons (Fsp3) is 0.250. The summed E-state index contributed by atoms with van der Waals surface area (Å²) in [6.07, 6.45) is 0.551. The van der Waals surface area contributed by atoms with E-state index in [9.17, 15) is 0 Å². The Morgan fingerprint density at radius 3 is 3.56 bits per heavy atom. The van der Waals surface area contributed by atoms with E-state index in [1.807, 2.05) is 6.07 Å². The van der Waals surface area contributed by atoms with Gasteiger partial charge in [0, 0.05) is 6.42 Å². The summed E-state index contributed by atoms with van der Waals surface area (Å²) in [7, 11) is 0. The number of hydrogen-bond donors (Lipinski definition) is 0. The maximum Gasteiger partial charge on any atom is 0.122 e. The lowest BCUT2D eigenvalue weighted by Gasteiger charge is -1.93. The van der Waals surface area contributed by atoms with E-state index in [2.05, 4.69) is 0 Å². The van der Waals surface area contributed by atoms with Crippen molar-refractivity contribution in [3.63, 3.8) is 0 Å². The molecule has 1 heterocycles. The second-order valence-corrected chi connectivity index (χ2v) is 2.00. The summed E-state index contributed by atoms with van der Waals surface area (Å²) < 4.78 is 19.9. The monoisotopic (exact) mass is 122 g/mol. The van der Waals surface area contributed by atoms with E-state index in [0.29, 0.717) is 18.2 Å². The van der Waals surface area contributed by atoms with Gasteiger partial charge >= 0.3 is 0 Å². The van der Waals surface area contributed by atoms with Crippen LogP contribution in [0.2, 0.25) is 0 Å². The van der Waals surface area contributed by atoms with E-state index >= 15 is 0 Å². The van der Waals surface area contributed by atoms with Crippen LogP contribution < -0.4 is 4.74 Å². The Morgan fingerprint density at radius 1 is 1.67 bits per heavy atom. The second-order valence-electron chi connectivity index (χ2n) is 2.00. The quantitative estimate of drug-likeness (QED) is 0.508. The first-order valence-electron chi connectivity index (χ1n) is 4.02. The molecule has 1 aliphatic heterocycles. The van der Waals surface area contributed by atoms with Gasteiger partial charge in [0.1, 0.15) is 5.75 Å². The molecule has 0 bridgehead atoms. The third-order valence-electron chi connectivity index (χ3n) is 1.40. The number of benzene rings is 1. The zero-order valence-electron chi connectivity index (χ0n) is 6.92. The van der Waals surface area contributed by atoms with Gasteiger partial charge in [-0.05, 0) is 11.6 Å². The number of ether oxygens (including phenoxy) is 1. The summed E-state index contributed by atoms with van der Waals surface area (Å²) >= 11 is 0. The molecular formula is C8H8O. The fourth-order valence-electron chi connectivity index (χ4n) is 0.941. The zero-order valence-corrected chi connectivity index (χ0v) is 4.92. The molecular weight excluding hydrogens is 112 g/mol. The Balaban J connectivity index is 2.49. The first-order chi connectivity index (χ1) is 5.27. The van der Waals surface area contributed by atoms with Crippen LogP contribution in [0.4, 0.5) is 0 Å². The van der Waals surface area contributed by atoms with Gasteiger partial charge in [-0.2, -0.15) is 0 Å². The summed E-state index contributed by atoms with van der Waals surface area (Å²) in [5.41, 5.74) is 0.868. The maximum absolute atomic E-state index is 7.48. The second kappa shape index (κ2) is 1.76. The van der Waals surface area contributed by atoms with Gasteiger partial charge in [0.2, 0.25) is 0 Å². The highest BCUT2D eigenvalue weighted by Crippen LogP contribution is 2.23. The van der Waals surface area contributed by atoms with Crippen LogP contribution in [-0.4, -0.2) is 6.58 Å². The minimum absolute atomic E-state index is 0.484. The Bertz CT molecular complexity index is 285. The van der Waals surface area contributed by atoms with Gasteiger partial charge in [-0.25, -0.2) is 0 Å². The van der Waals surface area contributed by atoms with E-state index in [-0.39, 0.29) is 0 Å². The fourth-order valence-corrected chi connectivity index (χ4v) is 0.941. The highest BCUT2D eigenvalue weighted by Gasteiger charge is 2.08. The molecule has 1 heteroatoms. The van der Waals surface area contributed by atoms with E-state index in [4.69, 9.17) is 7.48 Å². The van der Waals surface area contributed by atoms with Crippen molar-refractivity contribution >= 4 is 0 Å². The van der Waals surface area contributed by atoms with E-state index in [1.165, 1.54) is 0 Å². The molecule has 0 aliphatic carbocycles. The predicted octanol–water partition coefficient (Wildman–Crippen LogP) is 1.62. The molecule has 1 nitrogen and oxygen atoms in total. The SMILES string of the molecule is [2H]c1cccc2c1CC([2H])O2. The standard InChI is InChI=1S/C8H8O/c1-2-4-8-7(3-1)5-6-9-8/h1-4H,5-6H2/i3D,6D. The van der Waals surface area contributed by atoms with Crippen molar-refractivity contribution in [3.05, 3.63) is 29.8 Å². The normalized spacial score (nSPS) is 26.0. The van der Waals surface area contributed by atoms with Crippen LogP contribution in [0.3, 0.4) is 0 Å². The lowest BCUT2D eigenvalue weighted by Crippen LogP contribution is -1.85. The molecule has 2 rings (SSSR count). The highest BCUT2D eigenvalue weighted by molar-refractivity contribution is 5.35. The number of hydrogen-bond acceptors (Lipinski definition) is 1. The number of rotatable bonds is 0. The van der Waals surface area contributed by atoms with Gasteiger partial charge in [-0.3, -0.25) is 0 Å². The molecule has 0 spiro atoms. The summed E-state index contributed by atoms with van der Waals surface area (Å²) in [4.78, 5) is 0. The molecule has 0 N–H and O–H groups in total. The maximum atomic E-state index is 7.48. The lowest BCUT2D eigenvalue weighted by atomic mass is 10.2. The van der Waals surface area contributed by atoms with Crippen molar-refractivity contribution in [3.8, 4) is 5.75 Å². The lowest BCUT2D eigenvalue weighted by molar-refractivity contribution is 0.357. The first-order valence-corrected chi connectivity index (χ1v) is 2.95. The van der Waals surface area contributed by atoms with Crippen LogP contribution in [0.25, 0.3) is 0 Å². The van der Waals surface area contributed by atoms with Gasteiger partial charge in [-0.1, -0.05) is 18.2 Å². The molecule has 1 atom stereocenters. The van der Waals surface area contributed by atoms with E-state index < -0.39 is 6.58 Å². The Morgan fingerprint density at radius 2 is 2.67 bits per heavy atom. The molecule has 1 aromatic rings. The van der Waals surface area contributed by atoms with Crippen LogP contribution in [0.1, 0.15) is 8.30 Å². The number of para-hydroxylation sites is 1. The Labute approximate surface area is 57.1 Å².